The van der Waals surface area contributed by atoms with Crippen LogP contribution in [0.5, 0.6) is 0 Å². The van der Waals surface area contributed by atoms with Gasteiger partial charge in [0.1, 0.15) is 0 Å². The van der Waals surface area contributed by atoms with E-state index in [2.05, 4.69) is 27.5 Å². The van der Waals surface area contributed by atoms with Crippen molar-refractivity contribution in [1.82, 2.24) is 28.8 Å². The van der Waals surface area contributed by atoms with Crippen molar-refractivity contribution < 1.29 is 8.42 Å². The predicted octanol–water partition coefficient (Wildman–Crippen LogP) is 2.01. The number of aryl methyl sites for hydroxylation is 1. The third-order valence-corrected chi connectivity index (χ3v) is 7.58. The third kappa shape index (κ3) is 3.76. The van der Waals surface area contributed by atoms with Crippen LogP contribution in [0.4, 0.5) is 0 Å². The van der Waals surface area contributed by atoms with E-state index in [1.54, 1.807) is 22.1 Å². The van der Waals surface area contributed by atoms with Crippen LogP contribution >= 0.6 is 0 Å². The number of nitrogens with zero attached hydrogens (tertiary/aromatic N) is 5. The number of pyridine rings is 1. The van der Waals surface area contributed by atoms with E-state index < -0.39 is 10.0 Å². The Balaban J connectivity index is 1.41. The first-order chi connectivity index (χ1) is 15.0. The largest absolute Gasteiger partial charge is 0.339 e. The van der Waals surface area contributed by atoms with Gasteiger partial charge in [-0.05, 0) is 17.7 Å². The Morgan fingerprint density at radius 2 is 1.90 bits per heavy atom. The van der Waals surface area contributed by atoms with Crippen molar-refractivity contribution in [2.75, 3.05) is 13.1 Å². The molecule has 1 saturated heterocycles. The average Bonchev–Trinajstić information content (AvgIpc) is 3.51. The SMILES string of the molecule is Cn1cnc(S(=O)(=O)N2C[C@H](NCc3cnn4ccccc34)[C@@H](c3ccccc3)C2)c1. The van der Waals surface area contributed by atoms with E-state index in [0.29, 0.717) is 19.6 Å². The first-order valence-electron chi connectivity index (χ1n) is 10.2. The highest BCUT2D eigenvalue weighted by Gasteiger charge is 2.40. The van der Waals surface area contributed by atoms with Gasteiger partial charge in [-0.15, -0.1) is 0 Å². The maximum absolute atomic E-state index is 13.2. The molecule has 0 saturated carbocycles. The molecule has 8 nitrogen and oxygen atoms in total. The highest BCUT2D eigenvalue weighted by molar-refractivity contribution is 7.89. The molecule has 5 rings (SSSR count). The lowest BCUT2D eigenvalue weighted by Gasteiger charge is -2.20. The van der Waals surface area contributed by atoms with Crippen molar-refractivity contribution in [3.05, 3.63) is 84.6 Å². The molecule has 4 aromatic rings. The van der Waals surface area contributed by atoms with Crippen LogP contribution in [0.2, 0.25) is 0 Å². The summed E-state index contributed by atoms with van der Waals surface area (Å²) < 4.78 is 31.4. The monoisotopic (exact) mass is 436 g/mol. The molecule has 0 bridgehead atoms. The van der Waals surface area contributed by atoms with Gasteiger partial charge in [0.25, 0.3) is 10.0 Å². The van der Waals surface area contributed by atoms with Crippen LogP contribution in [-0.4, -0.2) is 51.0 Å². The molecule has 31 heavy (non-hydrogen) atoms. The lowest BCUT2D eigenvalue weighted by atomic mass is 9.94. The molecular formula is C22H24N6O2S. The van der Waals surface area contributed by atoms with E-state index in [9.17, 15) is 8.42 Å². The number of nitrogens with one attached hydrogen (secondary N) is 1. The Kier molecular flexibility index (Phi) is 5.09. The number of hydrogen-bond acceptors (Lipinski definition) is 5. The molecule has 160 valence electrons. The highest BCUT2D eigenvalue weighted by Crippen LogP contribution is 2.31. The average molecular weight is 437 g/mol. The zero-order chi connectivity index (χ0) is 21.4. The van der Waals surface area contributed by atoms with Crippen molar-refractivity contribution in [3.8, 4) is 0 Å². The third-order valence-electron chi connectivity index (χ3n) is 5.86. The number of sulfonamides is 1. The summed E-state index contributed by atoms with van der Waals surface area (Å²) >= 11 is 0. The van der Waals surface area contributed by atoms with Crippen molar-refractivity contribution >= 4 is 15.5 Å². The minimum Gasteiger partial charge on any atom is -0.339 e. The Morgan fingerprint density at radius 3 is 2.68 bits per heavy atom. The molecule has 1 N–H and O–H groups in total. The van der Waals surface area contributed by atoms with E-state index in [-0.39, 0.29) is 17.0 Å². The van der Waals surface area contributed by atoms with Crippen molar-refractivity contribution in [3.63, 3.8) is 0 Å². The Bertz CT molecular complexity index is 1300. The van der Waals surface area contributed by atoms with E-state index >= 15 is 0 Å². The molecule has 2 atom stereocenters. The summed E-state index contributed by atoms with van der Waals surface area (Å²) in [5, 5.41) is 8.08. The second-order valence-electron chi connectivity index (χ2n) is 7.90. The van der Waals surface area contributed by atoms with Crippen molar-refractivity contribution in [1.29, 1.82) is 0 Å². The number of benzene rings is 1. The molecule has 1 aliphatic heterocycles. The molecule has 9 heteroatoms. The molecule has 0 unspecified atom stereocenters. The maximum atomic E-state index is 13.2. The van der Waals surface area contributed by atoms with E-state index in [4.69, 9.17) is 0 Å². The first-order valence-corrected chi connectivity index (χ1v) is 11.6. The summed E-state index contributed by atoms with van der Waals surface area (Å²) in [5.74, 6) is 0.0431. The van der Waals surface area contributed by atoms with Gasteiger partial charge in [-0.1, -0.05) is 36.4 Å². The summed E-state index contributed by atoms with van der Waals surface area (Å²) in [5.41, 5.74) is 3.25. The first kappa shape index (κ1) is 19.9. The van der Waals surface area contributed by atoms with Gasteiger partial charge in [0.2, 0.25) is 0 Å². The second kappa shape index (κ2) is 7.92. The fourth-order valence-electron chi connectivity index (χ4n) is 4.23. The Hall–Kier alpha value is -3.01. The highest BCUT2D eigenvalue weighted by atomic mass is 32.2. The van der Waals surface area contributed by atoms with Gasteiger partial charge >= 0.3 is 0 Å². The normalized spacial score (nSPS) is 19.9. The predicted molar refractivity (Wildman–Crippen MR) is 117 cm³/mol. The van der Waals surface area contributed by atoms with Crippen LogP contribution in [0.1, 0.15) is 17.0 Å². The van der Waals surface area contributed by atoms with Crippen LogP contribution in [-0.2, 0) is 23.6 Å². The molecule has 0 aliphatic carbocycles. The number of imidazole rings is 1. The second-order valence-corrected chi connectivity index (χ2v) is 9.79. The molecule has 0 amide bonds. The van der Waals surface area contributed by atoms with Gasteiger partial charge in [0.15, 0.2) is 5.03 Å². The summed E-state index contributed by atoms with van der Waals surface area (Å²) in [6.45, 7) is 1.41. The standard InChI is InChI=1S/C22H24N6O2S/c1-26-15-22(24-16-26)31(29,30)27-13-19(17-7-3-2-4-8-17)20(14-27)23-11-18-12-25-28-10-6-5-9-21(18)28/h2-10,12,15-16,19-20,23H,11,13-14H2,1H3/t19-,20+/m1/s1. The van der Waals surface area contributed by atoms with Gasteiger partial charge in [-0.25, -0.2) is 17.9 Å². The van der Waals surface area contributed by atoms with Gasteiger partial charge < -0.3 is 9.88 Å². The summed E-state index contributed by atoms with van der Waals surface area (Å²) in [6, 6.07) is 16.0. The van der Waals surface area contributed by atoms with E-state index in [1.165, 1.54) is 6.33 Å². The Morgan fingerprint density at radius 1 is 1.10 bits per heavy atom. The molecule has 0 radical (unpaired) electrons. The lowest BCUT2D eigenvalue weighted by Crippen LogP contribution is -2.36. The topological polar surface area (TPSA) is 84.5 Å². The van der Waals surface area contributed by atoms with Crippen molar-refractivity contribution in [2.45, 2.75) is 23.5 Å². The zero-order valence-corrected chi connectivity index (χ0v) is 18.0. The number of rotatable bonds is 6. The van der Waals surface area contributed by atoms with Crippen LogP contribution in [0.15, 0.2) is 78.5 Å². The minimum atomic E-state index is -3.65. The molecule has 1 fully saturated rings. The number of fused-ring (bicyclic) bond motifs is 1. The van der Waals surface area contributed by atoms with Gasteiger partial charge in [-0.3, -0.25) is 0 Å². The maximum Gasteiger partial charge on any atom is 0.262 e. The van der Waals surface area contributed by atoms with E-state index in [1.807, 2.05) is 53.3 Å². The fourth-order valence-corrected chi connectivity index (χ4v) is 5.69. The van der Waals surface area contributed by atoms with Crippen molar-refractivity contribution in [2.24, 2.45) is 7.05 Å². The summed E-state index contributed by atoms with van der Waals surface area (Å²) in [4.78, 5) is 4.08. The van der Waals surface area contributed by atoms with Crippen LogP contribution < -0.4 is 5.32 Å². The minimum absolute atomic E-state index is 0.0282. The van der Waals surface area contributed by atoms with Gasteiger partial charge in [-0.2, -0.15) is 9.40 Å². The molecule has 1 aromatic carbocycles. The lowest BCUT2D eigenvalue weighted by molar-refractivity contribution is 0.454. The van der Waals surface area contributed by atoms with Crippen LogP contribution in [0.3, 0.4) is 0 Å². The van der Waals surface area contributed by atoms with Crippen LogP contribution in [0, 0.1) is 0 Å². The summed E-state index contributed by atoms with van der Waals surface area (Å²) in [7, 11) is -1.89. The molecule has 3 aromatic heterocycles. The molecule has 4 heterocycles. The van der Waals surface area contributed by atoms with Gasteiger partial charge in [0, 0.05) is 56.6 Å². The molecular weight excluding hydrogens is 412 g/mol. The quantitative estimate of drug-likeness (QED) is 0.500. The smallest absolute Gasteiger partial charge is 0.262 e. The molecule has 0 spiro atoms. The molecule has 1 aliphatic rings. The zero-order valence-electron chi connectivity index (χ0n) is 17.2. The summed E-state index contributed by atoms with van der Waals surface area (Å²) in [6.07, 6.45) is 6.84. The van der Waals surface area contributed by atoms with Crippen LogP contribution in [0.25, 0.3) is 5.52 Å². The van der Waals surface area contributed by atoms with E-state index in [0.717, 1.165) is 16.6 Å². The fraction of sp³-hybridized carbons (Fsp3) is 0.273. The number of aromatic nitrogens is 4. The number of hydrogen-bond donors (Lipinski definition) is 1. The Labute approximate surface area is 181 Å². The van der Waals surface area contributed by atoms with Gasteiger partial charge in [0.05, 0.1) is 18.0 Å².